The van der Waals surface area contributed by atoms with Crippen LogP contribution in [0.25, 0.3) is 0 Å². The van der Waals surface area contributed by atoms with E-state index in [1.165, 1.54) is 0 Å². The van der Waals surface area contributed by atoms with Gasteiger partial charge in [-0.1, -0.05) is 18.2 Å². The third kappa shape index (κ3) is 3.98. The third-order valence-electron chi connectivity index (χ3n) is 2.12. The molecule has 7 nitrogen and oxygen atoms in total. The van der Waals surface area contributed by atoms with Crippen LogP contribution in [0.5, 0.6) is 0 Å². The molecule has 0 N–H and O–H groups in total. The largest absolute Gasteiger partial charge is 0.452 e. The summed E-state index contributed by atoms with van der Waals surface area (Å²) in [5.41, 5.74) is 0.303. The van der Waals surface area contributed by atoms with Gasteiger partial charge in [-0.2, -0.15) is 4.90 Å². The standard InChI is InChI=1S/C12H13NO6/c1-17-11(15)13(12(16)18-2)8-19-10(14)9-6-4-3-5-7-9/h3-7H,8H2,1-2H3. The summed E-state index contributed by atoms with van der Waals surface area (Å²) in [7, 11) is 2.19. The Kier molecular flexibility index (Phi) is 5.34. The predicted octanol–water partition coefficient (Wildman–Crippen LogP) is 1.64. The number of hydrogen-bond acceptors (Lipinski definition) is 6. The van der Waals surface area contributed by atoms with Gasteiger partial charge in [0.25, 0.3) is 0 Å². The van der Waals surface area contributed by atoms with Crippen LogP contribution < -0.4 is 0 Å². The molecule has 19 heavy (non-hydrogen) atoms. The average Bonchev–Trinajstić information content (AvgIpc) is 2.47. The summed E-state index contributed by atoms with van der Waals surface area (Å²) in [5.74, 6) is -0.668. The SMILES string of the molecule is COC(=O)N(COC(=O)c1ccccc1)C(=O)OC. The summed E-state index contributed by atoms with van der Waals surface area (Å²) in [4.78, 5) is 34.7. The molecule has 0 heterocycles. The van der Waals surface area contributed by atoms with Gasteiger partial charge in [0.15, 0.2) is 6.73 Å². The van der Waals surface area contributed by atoms with Crippen molar-refractivity contribution in [3.63, 3.8) is 0 Å². The van der Waals surface area contributed by atoms with Gasteiger partial charge in [0.2, 0.25) is 0 Å². The Bertz CT molecular complexity index is 443. The minimum atomic E-state index is -0.979. The summed E-state index contributed by atoms with van der Waals surface area (Å²) in [6, 6.07) is 8.15. The molecule has 0 bridgehead atoms. The summed E-state index contributed by atoms with van der Waals surface area (Å²) >= 11 is 0. The summed E-state index contributed by atoms with van der Waals surface area (Å²) < 4.78 is 13.6. The molecular weight excluding hydrogens is 254 g/mol. The molecule has 0 fully saturated rings. The molecule has 0 aliphatic heterocycles. The highest BCUT2D eigenvalue weighted by atomic mass is 16.6. The van der Waals surface area contributed by atoms with Gasteiger partial charge in [-0.25, -0.2) is 14.4 Å². The van der Waals surface area contributed by atoms with Crippen LogP contribution in [0.3, 0.4) is 0 Å². The van der Waals surface area contributed by atoms with E-state index in [0.717, 1.165) is 14.2 Å². The second-order valence-corrected chi connectivity index (χ2v) is 3.30. The first-order valence-electron chi connectivity index (χ1n) is 5.25. The summed E-state index contributed by atoms with van der Waals surface area (Å²) in [6.45, 7) is -0.590. The Hall–Kier alpha value is -2.57. The first-order chi connectivity index (χ1) is 9.10. The number of rotatable bonds is 3. The van der Waals surface area contributed by atoms with Crippen LogP contribution in [0.1, 0.15) is 10.4 Å². The Morgan fingerprint density at radius 3 is 2.00 bits per heavy atom. The van der Waals surface area contributed by atoms with E-state index >= 15 is 0 Å². The van der Waals surface area contributed by atoms with Gasteiger partial charge < -0.3 is 14.2 Å². The van der Waals surface area contributed by atoms with Crippen LogP contribution in [-0.2, 0) is 14.2 Å². The molecule has 0 saturated heterocycles. The van der Waals surface area contributed by atoms with Crippen LogP contribution in [0.15, 0.2) is 30.3 Å². The highest BCUT2D eigenvalue weighted by Crippen LogP contribution is 2.03. The van der Waals surface area contributed by atoms with Crippen LogP contribution in [0.2, 0.25) is 0 Å². The highest BCUT2D eigenvalue weighted by molar-refractivity contribution is 5.90. The zero-order valence-electron chi connectivity index (χ0n) is 10.5. The predicted molar refractivity (Wildman–Crippen MR) is 63.4 cm³/mol. The lowest BCUT2D eigenvalue weighted by Gasteiger charge is -2.17. The van der Waals surface area contributed by atoms with E-state index in [9.17, 15) is 14.4 Å². The average molecular weight is 267 g/mol. The number of esters is 1. The maximum Gasteiger partial charge on any atom is 0.421 e. The third-order valence-corrected chi connectivity index (χ3v) is 2.12. The second kappa shape index (κ2) is 7.00. The van der Waals surface area contributed by atoms with Crippen molar-refractivity contribution in [1.82, 2.24) is 4.90 Å². The molecule has 102 valence electrons. The van der Waals surface area contributed by atoms with Gasteiger partial charge in [-0.3, -0.25) is 0 Å². The van der Waals surface area contributed by atoms with Gasteiger partial charge >= 0.3 is 18.2 Å². The van der Waals surface area contributed by atoms with Gasteiger partial charge in [-0.05, 0) is 12.1 Å². The first kappa shape index (κ1) is 14.5. The van der Waals surface area contributed by atoms with Crippen LogP contribution in [0, 0.1) is 0 Å². The van der Waals surface area contributed by atoms with E-state index in [2.05, 4.69) is 9.47 Å². The van der Waals surface area contributed by atoms with E-state index in [1.807, 2.05) is 0 Å². The Labute approximate surface area is 109 Å². The summed E-state index contributed by atoms with van der Waals surface area (Å²) in [5, 5.41) is 0. The minimum Gasteiger partial charge on any atom is -0.452 e. The first-order valence-corrected chi connectivity index (χ1v) is 5.25. The highest BCUT2D eigenvalue weighted by Gasteiger charge is 2.24. The van der Waals surface area contributed by atoms with Gasteiger partial charge in [-0.15, -0.1) is 0 Å². The molecular formula is C12H13NO6. The summed E-state index contributed by atoms with van der Waals surface area (Å²) in [6.07, 6.45) is -1.96. The van der Waals surface area contributed by atoms with E-state index in [4.69, 9.17) is 4.74 Å². The van der Waals surface area contributed by atoms with E-state index < -0.39 is 24.9 Å². The van der Waals surface area contributed by atoms with E-state index in [-0.39, 0.29) is 0 Å². The molecule has 0 atom stereocenters. The van der Waals surface area contributed by atoms with Crippen LogP contribution >= 0.6 is 0 Å². The minimum absolute atomic E-state index is 0.303. The monoisotopic (exact) mass is 267 g/mol. The topological polar surface area (TPSA) is 82.1 Å². The smallest absolute Gasteiger partial charge is 0.421 e. The Morgan fingerprint density at radius 1 is 1.00 bits per heavy atom. The number of carbonyl (C=O) groups excluding carboxylic acids is 3. The molecule has 0 spiro atoms. The quantitative estimate of drug-likeness (QED) is 0.470. The van der Waals surface area contributed by atoms with Crippen molar-refractivity contribution in [2.24, 2.45) is 0 Å². The molecule has 0 aliphatic rings. The molecule has 0 saturated carbocycles. The van der Waals surface area contributed by atoms with Crippen molar-refractivity contribution in [3.05, 3.63) is 35.9 Å². The fraction of sp³-hybridized carbons (Fsp3) is 0.250. The number of carbonyl (C=O) groups is 3. The number of ether oxygens (including phenoxy) is 3. The molecule has 7 heteroatoms. The van der Waals surface area contributed by atoms with Gasteiger partial charge in [0.05, 0.1) is 19.8 Å². The van der Waals surface area contributed by atoms with Gasteiger partial charge in [0.1, 0.15) is 0 Å². The number of hydrogen-bond donors (Lipinski definition) is 0. The lowest BCUT2D eigenvalue weighted by atomic mass is 10.2. The van der Waals surface area contributed by atoms with Crippen molar-refractivity contribution in [2.75, 3.05) is 21.0 Å². The van der Waals surface area contributed by atoms with Crippen molar-refractivity contribution in [1.29, 1.82) is 0 Å². The van der Waals surface area contributed by atoms with Crippen molar-refractivity contribution in [2.45, 2.75) is 0 Å². The van der Waals surface area contributed by atoms with Crippen LogP contribution in [-0.4, -0.2) is 44.0 Å². The maximum absolute atomic E-state index is 11.6. The Balaban J connectivity index is 2.64. The number of methoxy groups -OCH3 is 2. The number of nitrogens with zero attached hydrogens (tertiary/aromatic N) is 1. The number of imide groups is 1. The molecule has 1 rings (SSSR count). The van der Waals surface area contributed by atoms with Crippen molar-refractivity contribution in [3.8, 4) is 0 Å². The molecule has 1 aromatic rings. The van der Waals surface area contributed by atoms with Gasteiger partial charge in [0, 0.05) is 0 Å². The molecule has 0 unspecified atom stereocenters. The van der Waals surface area contributed by atoms with Crippen molar-refractivity contribution < 1.29 is 28.6 Å². The molecule has 0 aromatic heterocycles. The second-order valence-electron chi connectivity index (χ2n) is 3.30. The number of benzene rings is 1. The lowest BCUT2D eigenvalue weighted by molar-refractivity contribution is 0.0211. The van der Waals surface area contributed by atoms with Crippen LogP contribution in [0.4, 0.5) is 9.59 Å². The van der Waals surface area contributed by atoms with E-state index in [1.54, 1.807) is 30.3 Å². The maximum atomic E-state index is 11.6. The number of amides is 2. The fourth-order valence-electron chi connectivity index (χ4n) is 1.18. The van der Waals surface area contributed by atoms with E-state index in [0.29, 0.717) is 10.5 Å². The zero-order valence-corrected chi connectivity index (χ0v) is 10.5. The molecule has 0 aliphatic carbocycles. The molecule has 0 radical (unpaired) electrons. The molecule has 1 aromatic carbocycles. The fourth-order valence-corrected chi connectivity index (χ4v) is 1.18. The Morgan fingerprint density at radius 2 is 1.53 bits per heavy atom. The normalized spacial score (nSPS) is 9.37. The zero-order chi connectivity index (χ0) is 14.3. The van der Waals surface area contributed by atoms with Crippen molar-refractivity contribution >= 4 is 18.2 Å². The molecule has 2 amide bonds. The lowest BCUT2D eigenvalue weighted by Crippen LogP contribution is -2.39.